The fourth-order valence-corrected chi connectivity index (χ4v) is 6.12. The van der Waals surface area contributed by atoms with Gasteiger partial charge in [0.15, 0.2) is 0 Å². The Hall–Kier alpha value is -3.52. The minimum absolute atomic E-state index is 0.0521. The Morgan fingerprint density at radius 2 is 0.976 bits per heavy atom. The molecule has 41 heavy (non-hydrogen) atoms. The van der Waals surface area contributed by atoms with Gasteiger partial charge in [-0.05, 0) is 56.3 Å². The van der Waals surface area contributed by atoms with E-state index in [-0.39, 0.29) is 27.6 Å². The van der Waals surface area contributed by atoms with Crippen molar-refractivity contribution in [3.05, 3.63) is 130 Å². The predicted octanol–water partition coefficient (Wildman–Crippen LogP) is 10.2. The molecule has 0 amide bonds. The first-order chi connectivity index (χ1) is 18.9. The normalized spacial score (nSPS) is 13.7. The highest BCUT2D eigenvalue weighted by Gasteiger charge is 2.33. The fourth-order valence-electron chi connectivity index (χ4n) is 6.12. The fraction of sp³-hybridized carbons (Fsp3) is 0.385. The summed E-state index contributed by atoms with van der Waals surface area (Å²) < 4.78 is 0. The van der Waals surface area contributed by atoms with Crippen molar-refractivity contribution in [3.63, 3.8) is 0 Å². The molecule has 0 fully saturated rings. The van der Waals surface area contributed by atoms with Gasteiger partial charge in [-0.3, -0.25) is 0 Å². The van der Waals surface area contributed by atoms with E-state index in [9.17, 15) is 10.2 Å². The summed E-state index contributed by atoms with van der Waals surface area (Å²) in [5.74, 6) is 0.737. The lowest BCUT2D eigenvalue weighted by atomic mass is 9.69. The molecule has 4 aromatic rings. The molecule has 2 heteroatoms. The van der Waals surface area contributed by atoms with E-state index in [1.54, 1.807) is 0 Å². The molecule has 0 aliphatic rings. The van der Waals surface area contributed by atoms with Crippen LogP contribution in [0.5, 0.6) is 11.5 Å². The second kappa shape index (κ2) is 10.7. The quantitative estimate of drug-likeness (QED) is 0.252. The molecule has 0 heterocycles. The Kier molecular flexibility index (Phi) is 7.95. The summed E-state index contributed by atoms with van der Waals surface area (Å²) >= 11 is 0. The first-order valence-corrected chi connectivity index (χ1v) is 14.8. The largest absolute Gasteiger partial charge is 0.508 e. The van der Waals surface area contributed by atoms with Crippen LogP contribution >= 0.6 is 0 Å². The maximum atomic E-state index is 11.1. The minimum atomic E-state index is -0.292. The van der Waals surface area contributed by atoms with Gasteiger partial charge in [-0.25, -0.2) is 0 Å². The number of hydrogen-bond donors (Lipinski definition) is 2. The summed E-state index contributed by atoms with van der Waals surface area (Å²) in [6, 6.07) is 31.6. The van der Waals surface area contributed by atoms with Gasteiger partial charge in [-0.2, -0.15) is 0 Å². The van der Waals surface area contributed by atoms with Crippen molar-refractivity contribution in [1.29, 1.82) is 0 Å². The highest BCUT2D eigenvalue weighted by atomic mass is 16.3. The minimum Gasteiger partial charge on any atom is -0.508 e. The lowest BCUT2D eigenvalue weighted by molar-refractivity contribution is 0.347. The van der Waals surface area contributed by atoms with Crippen molar-refractivity contribution in [2.75, 3.05) is 0 Å². The van der Waals surface area contributed by atoms with Crippen molar-refractivity contribution in [2.24, 2.45) is 5.41 Å². The predicted molar refractivity (Wildman–Crippen MR) is 173 cm³/mol. The number of rotatable bonds is 6. The number of phenolic OH excluding ortho intramolecular Hbond substituents is 2. The van der Waals surface area contributed by atoms with Crippen LogP contribution in [0.3, 0.4) is 0 Å². The summed E-state index contributed by atoms with van der Waals surface area (Å²) in [6.07, 6.45) is 0. The van der Waals surface area contributed by atoms with E-state index in [0.29, 0.717) is 11.5 Å². The van der Waals surface area contributed by atoms with Crippen LogP contribution in [0.2, 0.25) is 0 Å². The molecule has 4 rings (SSSR count). The van der Waals surface area contributed by atoms with Gasteiger partial charge >= 0.3 is 0 Å². The molecule has 0 aliphatic heterocycles. The third-order valence-corrected chi connectivity index (χ3v) is 8.89. The molecule has 0 aliphatic carbocycles. The second-order valence-corrected chi connectivity index (χ2v) is 14.8. The SMILES string of the molecule is CC(C)(C)c1cc(C(C)(C)c2cccc(C(C)(C)c3ccc(O)c(C(c4ccccc4)C(C)(C)C)c3)c2)ccc1O. The molecule has 4 aromatic carbocycles. The van der Waals surface area contributed by atoms with Gasteiger partial charge in [0.25, 0.3) is 0 Å². The molecule has 0 radical (unpaired) electrons. The second-order valence-electron chi connectivity index (χ2n) is 14.8. The monoisotopic (exact) mass is 548 g/mol. The molecule has 216 valence electrons. The zero-order valence-corrected chi connectivity index (χ0v) is 26.6. The van der Waals surface area contributed by atoms with Crippen molar-refractivity contribution >= 4 is 0 Å². The molecule has 0 saturated heterocycles. The van der Waals surface area contributed by atoms with Gasteiger partial charge in [0.2, 0.25) is 0 Å². The Labute approximate surface area is 248 Å². The van der Waals surface area contributed by atoms with Crippen LogP contribution in [-0.2, 0) is 16.2 Å². The first-order valence-electron chi connectivity index (χ1n) is 14.8. The average Bonchev–Trinajstić information content (AvgIpc) is 2.89. The third kappa shape index (κ3) is 6.08. The molecule has 2 N–H and O–H groups in total. The molecular formula is C39H48O2. The standard InChI is InChI=1S/C39H48O2/c1-36(2,3)32-25-30(20-22-34(32)41)39(9,10)28-18-14-17-27(23-28)38(7,8)29-19-21-33(40)31(24-29)35(37(4,5)6)26-15-12-11-13-16-26/h11-25,35,40-41H,1-10H3. The molecule has 0 bridgehead atoms. The van der Waals surface area contributed by atoms with E-state index in [0.717, 1.165) is 11.1 Å². The van der Waals surface area contributed by atoms with Gasteiger partial charge in [-0.15, -0.1) is 0 Å². The Morgan fingerprint density at radius 3 is 1.49 bits per heavy atom. The maximum absolute atomic E-state index is 11.1. The van der Waals surface area contributed by atoms with Crippen LogP contribution in [0.25, 0.3) is 0 Å². The van der Waals surface area contributed by atoms with E-state index in [1.807, 2.05) is 24.3 Å². The van der Waals surface area contributed by atoms with E-state index in [1.165, 1.54) is 27.8 Å². The van der Waals surface area contributed by atoms with E-state index in [2.05, 4.69) is 136 Å². The summed E-state index contributed by atoms with van der Waals surface area (Å²) in [7, 11) is 0. The van der Waals surface area contributed by atoms with Gasteiger partial charge in [0, 0.05) is 22.3 Å². The molecule has 1 unspecified atom stereocenters. The number of phenols is 2. The molecule has 2 nitrogen and oxygen atoms in total. The highest BCUT2D eigenvalue weighted by Crippen LogP contribution is 2.46. The summed E-state index contributed by atoms with van der Waals surface area (Å²) in [5, 5.41) is 21.7. The Balaban J connectivity index is 1.79. The van der Waals surface area contributed by atoms with Gasteiger partial charge in [0.05, 0.1) is 0 Å². The van der Waals surface area contributed by atoms with Crippen LogP contribution in [0.4, 0.5) is 0 Å². The molecule has 0 saturated carbocycles. The molecule has 0 spiro atoms. The third-order valence-electron chi connectivity index (χ3n) is 8.89. The maximum Gasteiger partial charge on any atom is 0.119 e. The lowest BCUT2D eigenvalue weighted by Gasteiger charge is -2.34. The van der Waals surface area contributed by atoms with Crippen LogP contribution < -0.4 is 0 Å². The molecule has 1 atom stereocenters. The smallest absolute Gasteiger partial charge is 0.119 e. The number of aromatic hydroxyl groups is 2. The Morgan fingerprint density at radius 1 is 0.488 bits per heavy atom. The van der Waals surface area contributed by atoms with Crippen molar-refractivity contribution in [1.82, 2.24) is 0 Å². The van der Waals surface area contributed by atoms with Crippen LogP contribution in [0, 0.1) is 5.41 Å². The van der Waals surface area contributed by atoms with Crippen molar-refractivity contribution in [3.8, 4) is 11.5 Å². The Bertz CT molecular complexity index is 1510. The molecular weight excluding hydrogens is 500 g/mol. The summed E-state index contributed by atoms with van der Waals surface area (Å²) in [4.78, 5) is 0. The van der Waals surface area contributed by atoms with E-state index in [4.69, 9.17) is 0 Å². The highest BCUT2D eigenvalue weighted by molar-refractivity contribution is 5.51. The first kappa shape index (κ1) is 30.4. The topological polar surface area (TPSA) is 40.5 Å². The van der Waals surface area contributed by atoms with Crippen molar-refractivity contribution < 1.29 is 10.2 Å². The summed E-state index contributed by atoms with van der Waals surface area (Å²) in [6.45, 7) is 22.2. The van der Waals surface area contributed by atoms with Crippen LogP contribution in [0.15, 0.2) is 91.0 Å². The van der Waals surface area contributed by atoms with Gasteiger partial charge in [0.1, 0.15) is 11.5 Å². The van der Waals surface area contributed by atoms with Gasteiger partial charge < -0.3 is 10.2 Å². The number of benzene rings is 4. The van der Waals surface area contributed by atoms with Crippen molar-refractivity contribution in [2.45, 2.75) is 91.4 Å². The zero-order chi connectivity index (χ0) is 30.4. The summed E-state index contributed by atoms with van der Waals surface area (Å²) in [5.41, 5.74) is 7.14. The molecule has 0 aromatic heterocycles. The number of hydrogen-bond acceptors (Lipinski definition) is 2. The van der Waals surface area contributed by atoms with Gasteiger partial charge in [-0.1, -0.05) is 148 Å². The van der Waals surface area contributed by atoms with E-state index >= 15 is 0 Å². The van der Waals surface area contributed by atoms with Crippen LogP contribution in [-0.4, -0.2) is 10.2 Å². The lowest BCUT2D eigenvalue weighted by Crippen LogP contribution is -2.24. The average molecular weight is 549 g/mol. The van der Waals surface area contributed by atoms with Crippen LogP contribution in [0.1, 0.15) is 114 Å². The van der Waals surface area contributed by atoms with E-state index < -0.39 is 0 Å². The zero-order valence-electron chi connectivity index (χ0n) is 26.6.